The molecule has 0 aromatic rings. The minimum absolute atomic E-state index is 0.000883. The highest BCUT2D eigenvalue weighted by Gasteiger charge is 2.18. The molecule has 15 heavy (non-hydrogen) atoms. The van der Waals surface area contributed by atoms with Gasteiger partial charge in [0.05, 0.1) is 0 Å². The van der Waals surface area contributed by atoms with Gasteiger partial charge in [0.25, 0.3) is 0 Å². The summed E-state index contributed by atoms with van der Waals surface area (Å²) >= 11 is 5.20. The van der Waals surface area contributed by atoms with Gasteiger partial charge < -0.3 is 9.47 Å². The van der Waals surface area contributed by atoms with Crippen LogP contribution >= 0.6 is 11.6 Å². The molecule has 0 aromatic carbocycles. The van der Waals surface area contributed by atoms with Crippen LogP contribution in [0, 0.1) is 0 Å². The average Bonchev–Trinajstić information content (AvgIpc) is 2.27. The fourth-order valence-electron chi connectivity index (χ4n) is 1.58. The largest absolute Gasteiger partial charge is 0.460 e. The van der Waals surface area contributed by atoms with E-state index in [1.165, 1.54) is 6.42 Å². The van der Waals surface area contributed by atoms with Crippen LogP contribution in [0.5, 0.6) is 0 Å². The number of alkyl halides is 1. The van der Waals surface area contributed by atoms with E-state index in [0.29, 0.717) is 0 Å². The molecule has 1 aliphatic carbocycles. The Balaban J connectivity index is 2.14. The molecule has 0 aliphatic heterocycles. The van der Waals surface area contributed by atoms with Gasteiger partial charge in [-0.25, -0.2) is 4.79 Å². The minimum Gasteiger partial charge on any atom is -0.460 e. The molecule has 86 valence electrons. The van der Waals surface area contributed by atoms with Gasteiger partial charge in [-0.3, -0.25) is 4.79 Å². The maximum Gasteiger partial charge on any atom is 0.344 e. The third-order valence-electron chi connectivity index (χ3n) is 2.31. The van der Waals surface area contributed by atoms with Crippen LogP contribution in [0.1, 0.15) is 32.1 Å². The SMILES string of the molecule is O=C(CCl)OCC(=O)OC1CCCCC1. The number of hydrogen-bond acceptors (Lipinski definition) is 4. The van der Waals surface area contributed by atoms with Crippen molar-refractivity contribution in [2.24, 2.45) is 0 Å². The van der Waals surface area contributed by atoms with E-state index in [2.05, 4.69) is 4.74 Å². The molecule has 0 aromatic heterocycles. The second-order valence-electron chi connectivity index (χ2n) is 3.54. The third kappa shape index (κ3) is 5.02. The Bertz CT molecular complexity index is 223. The zero-order valence-electron chi connectivity index (χ0n) is 8.54. The molecule has 1 fully saturated rings. The van der Waals surface area contributed by atoms with Crippen molar-refractivity contribution in [3.63, 3.8) is 0 Å². The van der Waals surface area contributed by atoms with Gasteiger partial charge in [0.1, 0.15) is 12.0 Å². The van der Waals surface area contributed by atoms with Crippen LogP contribution < -0.4 is 0 Å². The first-order valence-electron chi connectivity index (χ1n) is 5.13. The van der Waals surface area contributed by atoms with Crippen LogP contribution in [0.15, 0.2) is 0 Å². The van der Waals surface area contributed by atoms with E-state index in [1.807, 2.05) is 0 Å². The van der Waals surface area contributed by atoms with Crippen LogP contribution in [0.25, 0.3) is 0 Å². The van der Waals surface area contributed by atoms with Crippen molar-refractivity contribution in [2.75, 3.05) is 12.5 Å². The fraction of sp³-hybridized carbons (Fsp3) is 0.800. The molecule has 0 bridgehead atoms. The van der Waals surface area contributed by atoms with Gasteiger partial charge in [0, 0.05) is 0 Å². The van der Waals surface area contributed by atoms with Crippen molar-refractivity contribution in [2.45, 2.75) is 38.2 Å². The summed E-state index contributed by atoms with van der Waals surface area (Å²) < 4.78 is 9.68. The Kier molecular flexibility index (Phi) is 5.47. The summed E-state index contributed by atoms with van der Waals surface area (Å²) in [6, 6.07) is 0. The van der Waals surface area contributed by atoms with Crippen LogP contribution in [0.4, 0.5) is 0 Å². The molecule has 1 aliphatic rings. The maximum absolute atomic E-state index is 11.2. The number of hydrogen-bond donors (Lipinski definition) is 0. The molecule has 4 nitrogen and oxygen atoms in total. The normalized spacial score (nSPS) is 17.1. The molecule has 0 heterocycles. The summed E-state index contributed by atoms with van der Waals surface area (Å²) in [5, 5.41) is 0. The fourth-order valence-corrected chi connectivity index (χ4v) is 1.66. The van der Waals surface area contributed by atoms with Gasteiger partial charge in [0.15, 0.2) is 6.61 Å². The Morgan fingerprint density at radius 3 is 2.40 bits per heavy atom. The van der Waals surface area contributed by atoms with Crippen molar-refractivity contribution < 1.29 is 19.1 Å². The molecular weight excluding hydrogens is 220 g/mol. The van der Waals surface area contributed by atoms with Crippen molar-refractivity contribution in [1.29, 1.82) is 0 Å². The Morgan fingerprint density at radius 2 is 1.80 bits per heavy atom. The first-order chi connectivity index (χ1) is 7.22. The van der Waals surface area contributed by atoms with Crippen molar-refractivity contribution >= 4 is 23.5 Å². The van der Waals surface area contributed by atoms with E-state index >= 15 is 0 Å². The minimum atomic E-state index is -0.600. The summed E-state index contributed by atoms with van der Waals surface area (Å²) in [5.74, 6) is -1.32. The van der Waals surface area contributed by atoms with E-state index in [9.17, 15) is 9.59 Å². The number of esters is 2. The quantitative estimate of drug-likeness (QED) is 0.548. The summed E-state index contributed by atoms with van der Waals surface area (Å²) in [5.41, 5.74) is 0. The lowest BCUT2D eigenvalue weighted by Crippen LogP contribution is -2.24. The molecule has 0 amide bonds. The van der Waals surface area contributed by atoms with Crippen LogP contribution in [0.3, 0.4) is 0 Å². The van der Waals surface area contributed by atoms with Crippen LogP contribution in [0.2, 0.25) is 0 Å². The number of carbonyl (C=O) groups excluding carboxylic acids is 2. The van der Waals surface area contributed by atoms with E-state index in [4.69, 9.17) is 16.3 Å². The highest BCUT2D eigenvalue weighted by molar-refractivity contribution is 6.26. The molecule has 0 spiro atoms. The van der Waals surface area contributed by atoms with Gasteiger partial charge in [0.2, 0.25) is 0 Å². The highest BCUT2D eigenvalue weighted by Crippen LogP contribution is 2.20. The van der Waals surface area contributed by atoms with E-state index < -0.39 is 11.9 Å². The lowest BCUT2D eigenvalue weighted by atomic mass is 9.98. The lowest BCUT2D eigenvalue weighted by molar-refractivity contribution is -0.162. The number of ether oxygens (including phenoxy) is 2. The van der Waals surface area contributed by atoms with Gasteiger partial charge in [-0.15, -0.1) is 11.6 Å². The third-order valence-corrected chi connectivity index (χ3v) is 2.53. The zero-order chi connectivity index (χ0) is 11.1. The number of rotatable bonds is 4. The predicted octanol–water partition coefficient (Wildman–Crippen LogP) is 1.64. The van der Waals surface area contributed by atoms with E-state index in [1.54, 1.807) is 0 Å². The zero-order valence-corrected chi connectivity index (χ0v) is 9.29. The van der Waals surface area contributed by atoms with Crippen molar-refractivity contribution in [3.8, 4) is 0 Å². The number of carbonyl (C=O) groups is 2. The van der Waals surface area contributed by atoms with Gasteiger partial charge >= 0.3 is 11.9 Å². The maximum atomic E-state index is 11.2. The monoisotopic (exact) mass is 234 g/mol. The molecule has 1 saturated carbocycles. The van der Waals surface area contributed by atoms with Gasteiger partial charge in [-0.05, 0) is 25.7 Å². The summed E-state index contributed by atoms with van der Waals surface area (Å²) in [7, 11) is 0. The topological polar surface area (TPSA) is 52.6 Å². The standard InChI is InChI=1S/C10H15ClO4/c11-6-9(12)14-7-10(13)15-8-4-2-1-3-5-8/h8H,1-7H2. The Hall–Kier alpha value is -0.770. The molecule has 0 unspecified atom stereocenters. The van der Waals surface area contributed by atoms with Crippen molar-refractivity contribution in [1.82, 2.24) is 0 Å². The smallest absolute Gasteiger partial charge is 0.344 e. The molecule has 0 atom stereocenters. The average molecular weight is 235 g/mol. The van der Waals surface area contributed by atoms with Crippen LogP contribution in [-0.4, -0.2) is 30.5 Å². The van der Waals surface area contributed by atoms with Crippen molar-refractivity contribution in [3.05, 3.63) is 0 Å². The number of halogens is 1. The van der Waals surface area contributed by atoms with E-state index in [-0.39, 0.29) is 18.6 Å². The first kappa shape index (κ1) is 12.3. The molecule has 0 radical (unpaired) electrons. The first-order valence-corrected chi connectivity index (χ1v) is 5.67. The highest BCUT2D eigenvalue weighted by atomic mass is 35.5. The Labute approximate surface area is 93.9 Å². The molecule has 0 saturated heterocycles. The molecule has 0 N–H and O–H groups in total. The van der Waals surface area contributed by atoms with Gasteiger partial charge in [-0.1, -0.05) is 6.42 Å². The molecule has 5 heteroatoms. The second-order valence-corrected chi connectivity index (χ2v) is 3.81. The van der Waals surface area contributed by atoms with Gasteiger partial charge in [-0.2, -0.15) is 0 Å². The molecule has 1 rings (SSSR count). The van der Waals surface area contributed by atoms with Crippen LogP contribution in [-0.2, 0) is 19.1 Å². The summed E-state index contributed by atoms with van der Waals surface area (Å²) in [6.07, 6.45) is 5.22. The summed E-state index contributed by atoms with van der Waals surface area (Å²) in [4.78, 5) is 21.8. The summed E-state index contributed by atoms with van der Waals surface area (Å²) in [6.45, 7) is -0.331. The lowest BCUT2D eigenvalue weighted by Gasteiger charge is -2.21. The Morgan fingerprint density at radius 1 is 1.13 bits per heavy atom. The van der Waals surface area contributed by atoms with E-state index in [0.717, 1.165) is 25.7 Å². The second kappa shape index (κ2) is 6.67. The molecular formula is C10H15ClO4. The predicted molar refractivity (Wildman–Crippen MR) is 54.6 cm³/mol.